The smallest absolute Gasteiger partial charge is 0.243 e. The second-order valence-electron chi connectivity index (χ2n) is 5.21. The average Bonchev–Trinajstić information content (AvgIpc) is 2.50. The Kier molecular flexibility index (Phi) is 6.72. The van der Waals surface area contributed by atoms with E-state index in [9.17, 15) is 9.59 Å². The van der Waals surface area contributed by atoms with Crippen molar-refractivity contribution in [2.24, 2.45) is 0 Å². The van der Waals surface area contributed by atoms with Crippen LogP contribution in [0, 0.1) is 6.92 Å². The number of anilines is 1. The predicted octanol–water partition coefficient (Wildman–Crippen LogP) is 1.91. The van der Waals surface area contributed by atoms with E-state index in [4.69, 9.17) is 0 Å². The molecule has 0 bridgehead atoms. The number of amides is 2. The van der Waals surface area contributed by atoms with E-state index < -0.39 is 0 Å². The Morgan fingerprint density at radius 3 is 2.95 bits per heavy atom. The zero-order valence-corrected chi connectivity index (χ0v) is 14.9. The molecule has 1 aliphatic heterocycles. The molecule has 0 aliphatic carbocycles. The summed E-state index contributed by atoms with van der Waals surface area (Å²) in [6.45, 7) is 2.85. The highest BCUT2D eigenvalue weighted by Crippen LogP contribution is 2.20. The number of benzene rings is 1. The van der Waals surface area contributed by atoms with Gasteiger partial charge in [0.2, 0.25) is 11.8 Å². The van der Waals surface area contributed by atoms with Gasteiger partial charge in [-0.1, -0.05) is 22.0 Å². The van der Waals surface area contributed by atoms with Crippen molar-refractivity contribution in [2.45, 2.75) is 19.4 Å². The summed E-state index contributed by atoms with van der Waals surface area (Å²) in [5.74, 6) is 1.71. The van der Waals surface area contributed by atoms with Crippen LogP contribution >= 0.6 is 27.7 Å². The number of thioether (sulfide) groups is 1. The molecule has 2 amide bonds. The molecule has 2 rings (SSSR count). The average molecular weight is 386 g/mol. The fourth-order valence-electron chi connectivity index (χ4n) is 2.15. The highest BCUT2D eigenvalue weighted by Gasteiger charge is 2.17. The highest BCUT2D eigenvalue weighted by molar-refractivity contribution is 9.10. The third kappa shape index (κ3) is 5.62. The molecule has 1 aliphatic rings. The van der Waals surface area contributed by atoms with Gasteiger partial charge in [-0.05, 0) is 24.6 Å². The van der Waals surface area contributed by atoms with Gasteiger partial charge in [-0.3, -0.25) is 9.59 Å². The lowest BCUT2D eigenvalue weighted by Crippen LogP contribution is -2.42. The van der Waals surface area contributed by atoms with Crippen LogP contribution in [0.3, 0.4) is 0 Å². The summed E-state index contributed by atoms with van der Waals surface area (Å²) < 4.78 is 0.901. The number of aryl methyl sites for hydroxylation is 1. The number of halogens is 1. The van der Waals surface area contributed by atoms with Gasteiger partial charge in [0.25, 0.3) is 0 Å². The molecule has 1 atom stereocenters. The van der Waals surface area contributed by atoms with Crippen LogP contribution in [0.25, 0.3) is 0 Å². The lowest BCUT2D eigenvalue weighted by molar-refractivity contribution is -0.124. The Labute approximate surface area is 143 Å². The number of nitrogens with one attached hydrogen (secondary N) is 3. The largest absolute Gasteiger partial charge is 0.347 e. The maximum absolute atomic E-state index is 11.9. The molecule has 1 fully saturated rings. The van der Waals surface area contributed by atoms with Crippen LogP contribution in [-0.4, -0.2) is 42.5 Å². The molecule has 0 aromatic heterocycles. The Balaban J connectivity index is 1.75. The van der Waals surface area contributed by atoms with Gasteiger partial charge in [0.1, 0.15) is 0 Å². The van der Waals surface area contributed by atoms with Gasteiger partial charge in [0, 0.05) is 40.7 Å². The second-order valence-corrected chi connectivity index (χ2v) is 7.28. The van der Waals surface area contributed by atoms with Gasteiger partial charge in [0.05, 0.1) is 6.54 Å². The van der Waals surface area contributed by atoms with Crippen molar-refractivity contribution >= 4 is 45.2 Å². The van der Waals surface area contributed by atoms with Crippen LogP contribution in [-0.2, 0) is 9.59 Å². The van der Waals surface area contributed by atoms with E-state index in [0.717, 1.165) is 33.8 Å². The molecular formula is C15H20BrN3O2S. The zero-order valence-electron chi connectivity index (χ0n) is 12.4. The monoisotopic (exact) mass is 385 g/mol. The van der Waals surface area contributed by atoms with Crippen molar-refractivity contribution in [3.8, 4) is 0 Å². The molecule has 1 unspecified atom stereocenters. The number of carbonyl (C=O) groups is 2. The van der Waals surface area contributed by atoms with Crippen molar-refractivity contribution in [3.63, 3.8) is 0 Å². The predicted molar refractivity (Wildman–Crippen MR) is 94.3 cm³/mol. The summed E-state index contributed by atoms with van der Waals surface area (Å²) >= 11 is 5.22. The van der Waals surface area contributed by atoms with Crippen LogP contribution in [0.15, 0.2) is 22.7 Å². The first-order valence-corrected chi connectivity index (χ1v) is 9.13. The molecule has 1 heterocycles. The molecule has 0 spiro atoms. The van der Waals surface area contributed by atoms with Gasteiger partial charge in [0.15, 0.2) is 0 Å². The number of carbonyl (C=O) groups excluding carboxylic acids is 2. The van der Waals surface area contributed by atoms with Crippen molar-refractivity contribution < 1.29 is 9.59 Å². The van der Waals surface area contributed by atoms with Crippen LogP contribution in [0.5, 0.6) is 0 Å². The quantitative estimate of drug-likeness (QED) is 0.723. The SMILES string of the molecule is Cc1ccc(Br)cc1NC(=O)CNC(=O)CC1CSCCN1. The normalized spacial score (nSPS) is 17.8. The summed E-state index contributed by atoms with van der Waals surface area (Å²) in [5, 5.41) is 8.78. The van der Waals surface area contributed by atoms with E-state index >= 15 is 0 Å². The minimum absolute atomic E-state index is 0.00928. The fourth-order valence-corrected chi connectivity index (χ4v) is 3.46. The first kappa shape index (κ1) is 17.3. The summed E-state index contributed by atoms with van der Waals surface area (Å²) in [4.78, 5) is 23.8. The number of hydrogen-bond acceptors (Lipinski definition) is 4. The van der Waals surface area contributed by atoms with E-state index in [1.165, 1.54) is 0 Å². The lowest BCUT2D eigenvalue weighted by atomic mass is 10.2. The third-order valence-electron chi connectivity index (χ3n) is 3.35. The molecule has 22 heavy (non-hydrogen) atoms. The van der Waals surface area contributed by atoms with E-state index in [-0.39, 0.29) is 24.4 Å². The fraction of sp³-hybridized carbons (Fsp3) is 0.467. The summed E-state index contributed by atoms with van der Waals surface area (Å²) in [6.07, 6.45) is 0.413. The molecule has 1 saturated heterocycles. The minimum Gasteiger partial charge on any atom is -0.347 e. The maximum atomic E-state index is 11.9. The van der Waals surface area contributed by atoms with Crippen molar-refractivity contribution in [3.05, 3.63) is 28.2 Å². The molecule has 0 saturated carbocycles. The van der Waals surface area contributed by atoms with E-state index in [0.29, 0.717) is 6.42 Å². The standard InChI is InChI=1S/C15H20BrN3O2S/c1-10-2-3-11(16)6-13(10)19-15(21)8-18-14(20)7-12-9-22-5-4-17-12/h2-3,6,12,17H,4-5,7-9H2,1H3,(H,18,20)(H,19,21). The first-order chi connectivity index (χ1) is 10.5. The van der Waals surface area contributed by atoms with Crippen LogP contribution in [0.1, 0.15) is 12.0 Å². The van der Waals surface area contributed by atoms with Crippen molar-refractivity contribution in [1.82, 2.24) is 10.6 Å². The molecular weight excluding hydrogens is 366 g/mol. The lowest BCUT2D eigenvalue weighted by Gasteiger charge is -2.22. The van der Waals surface area contributed by atoms with Gasteiger partial charge in [-0.2, -0.15) is 11.8 Å². The molecule has 7 heteroatoms. The number of rotatable bonds is 5. The zero-order chi connectivity index (χ0) is 15.9. The Bertz CT molecular complexity index is 548. The van der Waals surface area contributed by atoms with Crippen LogP contribution < -0.4 is 16.0 Å². The van der Waals surface area contributed by atoms with E-state index in [1.54, 1.807) is 0 Å². The van der Waals surface area contributed by atoms with Gasteiger partial charge < -0.3 is 16.0 Å². The maximum Gasteiger partial charge on any atom is 0.243 e. The summed E-state index contributed by atoms with van der Waals surface area (Å²) in [7, 11) is 0. The topological polar surface area (TPSA) is 70.2 Å². The second kappa shape index (κ2) is 8.55. The molecule has 0 radical (unpaired) electrons. The van der Waals surface area contributed by atoms with Crippen molar-refractivity contribution in [2.75, 3.05) is 29.9 Å². The molecule has 5 nitrogen and oxygen atoms in total. The summed E-state index contributed by atoms with van der Waals surface area (Å²) in [5.41, 5.74) is 1.73. The Morgan fingerprint density at radius 2 is 2.23 bits per heavy atom. The molecule has 120 valence electrons. The van der Waals surface area contributed by atoms with Gasteiger partial charge in [-0.15, -0.1) is 0 Å². The van der Waals surface area contributed by atoms with E-state index in [2.05, 4.69) is 31.9 Å². The van der Waals surface area contributed by atoms with Crippen LogP contribution in [0.2, 0.25) is 0 Å². The summed E-state index contributed by atoms with van der Waals surface area (Å²) in [6, 6.07) is 5.89. The Hall–Kier alpha value is -1.05. The molecule has 1 aromatic carbocycles. The third-order valence-corrected chi connectivity index (χ3v) is 4.97. The Morgan fingerprint density at radius 1 is 1.41 bits per heavy atom. The van der Waals surface area contributed by atoms with Crippen molar-refractivity contribution in [1.29, 1.82) is 0 Å². The first-order valence-electron chi connectivity index (χ1n) is 7.18. The minimum atomic E-state index is -0.222. The molecule has 1 aromatic rings. The van der Waals surface area contributed by atoms with Crippen LogP contribution in [0.4, 0.5) is 5.69 Å². The van der Waals surface area contributed by atoms with Gasteiger partial charge >= 0.3 is 0 Å². The van der Waals surface area contributed by atoms with Gasteiger partial charge in [-0.25, -0.2) is 0 Å². The highest BCUT2D eigenvalue weighted by atomic mass is 79.9. The van der Waals surface area contributed by atoms with E-state index in [1.807, 2.05) is 36.9 Å². The molecule has 3 N–H and O–H groups in total. The number of hydrogen-bond donors (Lipinski definition) is 3.